The Kier molecular flexibility index (Phi) is 3.05. The van der Waals surface area contributed by atoms with Crippen molar-refractivity contribution in [2.24, 2.45) is 0 Å². The van der Waals surface area contributed by atoms with E-state index in [4.69, 9.17) is 4.52 Å². The van der Waals surface area contributed by atoms with Crippen LogP contribution in [0.15, 0.2) is 40.2 Å². The predicted molar refractivity (Wildman–Crippen MR) is 73.3 cm³/mol. The van der Waals surface area contributed by atoms with E-state index in [-0.39, 0.29) is 5.75 Å². The molecule has 1 aromatic carbocycles. The van der Waals surface area contributed by atoms with Crippen LogP contribution in [0.1, 0.15) is 16.3 Å². The van der Waals surface area contributed by atoms with E-state index in [1.807, 2.05) is 24.4 Å². The lowest BCUT2D eigenvalue weighted by Crippen LogP contribution is -1.88. The Morgan fingerprint density at radius 1 is 1.32 bits per heavy atom. The zero-order valence-corrected chi connectivity index (χ0v) is 11.1. The molecule has 0 amide bonds. The summed E-state index contributed by atoms with van der Waals surface area (Å²) in [5.74, 6) is 1.40. The number of nitrogens with zero attached hydrogens (tertiary/aromatic N) is 2. The van der Waals surface area contributed by atoms with Crippen LogP contribution in [-0.4, -0.2) is 15.2 Å². The third-order valence-electron chi connectivity index (χ3n) is 2.82. The fourth-order valence-electron chi connectivity index (χ4n) is 1.89. The second-order valence-corrected chi connectivity index (χ2v) is 5.30. The summed E-state index contributed by atoms with van der Waals surface area (Å²) in [6.45, 7) is 1.90. The number of aromatic nitrogens is 2. The van der Waals surface area contributed by atoms with E-state index in [0.29, 0.717) is 18.1 Å². The van der Waals surface area contributed by atoms with E-state index in [9.17, 15) is 5.11 Å². The van der Waals surface area contributed by atoms with Crippen LogP contribution in [0.3, 0.4) is 0 Å². The van der Waals surface area contributed by atoms with Gasteiger partial charge in [-0.2, -0.15) is 4.98 Å². The third-order valence-corrected chi connectivity index (χ3v) is 3.70. The van der Waals surface area contributed by atoms with E-state index in [2.05, 4.69) is 10.1 Å². The summed E-state index contributed by atoms with van der Waals surface area (Å²) < 4.78 is 5.28. The van der Waals surface area contributed by atoms with Crippen molar-refractivity contribution in [1.29, 1.82) is 0 Å². The van der Waals surface area contributed by atoms with E-state index in [1.165, 1.54) is 4.88 Å². The van der Waals surface area contributed by atoms with Gasteiger partial charge in [0.25, 0.3) is 5.89 Å². The van der Waals surface area contributed by atoms with Gasteiger partial charge in [0.05, 0.1) is 0 Å². The Morgan fingerprint density at radius 3 is 2.95 bits per heavy atom. The van der Waals surface area contributed by atoms with Crippen molar-refractivity contribution in [3.05, 3.63) is 52.0 Å². The van der Waals surface area contributed by atoms with Crippen molar-refractivity contribution in [2.45, 2.75) is 13.3 Å². The van der Waals surface area contributed by atoms with Gasteiger partial charge in [-0.25, -0.2) is 0 Å². The standard InChI is InChI=1S/C14H12N2O2S/c1-9-7-10(17)4-5-12(9)14-15-13(16-18-14)8-11-3-2-6-19-11/h2-7,17H,8H2,1H3. The van der Waals surface area contributed by atoms with Crippen LogP contribution < -0.4 is 0 Å². The second-order valence-electron chi connectivity index (χ2n) is 4.27. The van der Waals surface area contributed by atoms with Gasteiger partial charge < -0.3 is 9.63 Å². The third kappa shape index (κ3) is 2.51. The molecule has 0 spiro atoms. The van der Waals surface area contributed by atoms with Crippen molar-refractivity contribution in [1.82, 2.24) is 10.1 Å². The molecule has 0 saturated heterocycles. The van der Waals surface area contributed by atoms with Crippen LogP contribution in [0, 0.1) is 6.92 Å². The van der Waals surface area contributed by atoms with Crippen molar-refractivity contribution < 1.29 is 9.63 Å². The average molecular weight is 272 g/mol. The highest BCUT2D eigenvalue weighted by atomic mass is 32.1. The Labute approximate surface area is 114 Å². The van der Waals surface area contributed by atoms with Gasteiger partial charge in [-0.05, 0) is 42.1 Å². The Bertz CT molecular complexity index is 689. The molecule has 19 heavy (non-hydrogen) atoms. The first kappa shape index (κ1) is 11.9. The molecule has 0 bridgehead atoms. The lowest BCUT2D eigenvalue weighted by Gasteiger charge is -2.00. The number of hydrogen-bond acceptors (Lipinski definition) is 5. The van der Waals surface area contributed by atoms with Gasteiger partial charge in [0.2, 0.25) is 0 Å². The molecule has 4 nitrogen and oxygen atoms in total. The molecule has 0 radical (unpaired) electrons. The average Bonchev–Trinajstić information content (AvgIpc) is 3.01. The highest BCUT2D eigenvalue weighted by molar-refractivity contribution is 7.09. The fraction of sp³-hybridized carbons (Fsp3) is 0.143. The predicted octanol–water partition coefficient (Wildman–Crippen LogP) is 3.40. The van der Waals surface area contributed by atoms with Crippen LogP contribution in [-0.2, 0) is 6.42 Å². The van der Waals surface area contributed by atoms with Crippen LogP contribution in [0.4, 0.5) is 0 Å². The molecular weight excluding hydrogens is 260 g/mol. The first-order valence-corrected chi connectivity index (χ1v) is 6.75. The number of benzene rings is 1. The number of phenolic OH excluding ortho intramolecular Hbond substituents is 1. The number of hydrogen-bond donors (Lipinski definition) is 1. The topological polar surface area (TPSA) is 59.2 Å². The quantitative estimate of drug-likeness (QED) is 0.793. The van der Waals surface area contributed by atoms with Crippen LogP contribution >= 0.6 is 11.3 Å². The zero-order valence-electron chi connectivity index (χ0n) is 10.3. The summed E-state index contributed by atoms with van der Waals surface area (Å²) in [5, 5.41) is 15.4. The minimum Gasteiger partial charge on any atom is -0.508 e. The Hall–Kier alpha value is -2.14. The number of thiophene rings is 1. The first-order chi connectivity index (χ1) is 9.22. The number of aryl methyl sites for hydroxylation is 1. The summed E-state index contributed by atoms with van der Waals surface area (Å²) in [6, 6.07) is 9.13. The minimum atomic E-state index is 0.236. The van der Waals surface area contributed by atoms with Crippen molar-refractivity contribution in [3.63, 3.8) is 0 Å². The van der Waals surface area contributed by atoms with Gasteiger partial charge in [-0.15, -0.1) is 11.3 Å². The summed E-state index contributed by atoms with van der Waals surface area (Å²) in [5.41, 5.74) is 1.76. The zero-order chi connectivity index (χ0) is 13.2. The van der Waals surface area contributed by atoms with Crippen LogP contribution in [0.2, 0.25) is 0 Å². The molecule has 5 heteroatoms. The van der Waals surface area contributed by atoms with E-state index < -0.39 is 0 Å². The maximum atomic E-state index is 9.40. The molecule has 0 aliphatic heterocycles. The summed E-state index contributed by atoms with van der Waals surface area (Å²) in [4.78, 5) is 5.60. The molecule has 96 valence electrons. The van der Waals surface area contributed by atoms with Crippen LogP contribution in [0.5, 0.6) is 5.75 Å². The van der Waals surface area contributed by atoms with Gasteiger partial charge in [0, 0.05) is 16.9 Å². The van der Waals surface area contributed by atoms with Gasteiger partial charge >= 0.3 is 0 Å². The fourth-order valence-corrected chi connectivity index (χ4v) is 2.59. The number of rotatable bonds is 3. The maximum absolute atomic E-state index is 9.40. The molecule has 3 aromatic rings. The smallest absolute Gasteiger partial charge is 0.258 e. The largest absolute Gasteiger partial charge is 0.508 e. The second kappa shape index (κ2) is 4.85. The molecule has 0 atom stereocenters. The van der Waals surface area contributed by atoms with E-state index >= 15 is 0 Å². The normalized spacial score (nSPS) is 10.8. The van der Waals surface area contributed by atoms with Gasteiger partial charge in [0.1, 0.15) is 5.75 Å². The van der Waals surface area contributed by atoms with Gasteiger partial charge in [0.15, 0.2) is 5.82 Å². The molecule has 0 fully saturated rings. The monoisotopic (exact) mass is 272 g/mol. The van der Waals surface area contributed by atoms with Crippen molar-refractivity contribution in [2.75, 3.05) is 0 Å². The van der Waals surface area contributed by atoms with E-state index in [1.54, 1.807) is 29.5 Å². The Balaban J connectivity index is 1.88. The molecule has 3 rings (SSSR count). The molecule has 2 heterocycles. The van der Waals surface area contributed by atoms with E-state index in [0.717, 1.165) is 11.1 Å². The van der Waals surface area contributed by atoms with Crippen LogP contribution in [0.25, 0.3) is 11.5 Å². The van der Waals surface area contributed by atoms with Gasteiger partial charge in [-0.1, -0.05) is 11.2 Å². The molecule has 0 unspecified atom stereocenters. The lowest BCUT2D eigenvalue weighted by atomic mass is 10.1. The molecular formula is C14H12N2O2S. The Morgan fingerprint density at radius 2 is 2.21 bits per heavy atom. The van der Waals surface area contributed by atoms with Crippen molar-refractivity contribution in [3.8, 4) is 17.2 Å². The lowest BCUT2D eigenvalue weighted by molar-refractivity contribution is 0.423. The molecule has 0 aliphatic carbocycles. The highest BCUT2D eigenvalue weighted by Gasteiger charge is 2.12. The molecule has 2 aromatic heterocycles. The van der Waals surface area contributed by atoms with Crippen molar-refractivity contribution >= 4 is 11.3 Å². The molecule has 0 saturated carbocycles. The SMILES string of the molecule is Cc1cc(O)ccc1-c1nc(Cc2cccs2)no1. The number of aromatic hydroxyl groups is 1. The summed E-state index contributed by atoms with van der Waals surface area (Å²) >= 11 is 1.67. The maximum Gasteiger partial charge on any atom is 0.258 e. The minimum absolute atomic E-state index is 0.236. The number of phenols is 1. The van der Waals surface area contributed by atoms with Gasteiger partial charge in [-0.3, -0.25) is 0 Å². The molecule has 1 N–H and O–H groups in total. The summed E-state index contributed by atoms with van der Waals surface area (Å²) in [6.07, 6.45) is 0.679. The summed E-state index contributed by atoms with van der Waals surface area (Å²) in [7, 11) is 0. The highest BCUT2D eigenvalue weighted by Crippen LogP contribution is 2.25. The molecule has 0 aliphatic rings. The first-order valence-electron chi connectivity index (χ1n) is 5.87.